The Kier molecular flexibility index (Phi) is 4.20. The maximum atomic E-state index is 10.9. The largest absolute Gasteiger partial charge is 0.476 e. The van der Waals surface area contributed by atoms with E-state index in [2.05, 4.69) is 10.3 Å². The number of rotatable bonds is 3. The molecule has 2 rings (SSSR count). The number of aryl methyl sites for hydroxylation is 1. The minimum Gasteiger partial charge on any atom is -0.476 e. The molecule has 0 aliphatic carbocycles. The minimum absolute atomic E-state index is 0.00806. The molecule has 19 heavy (non-hydrogen) atoms. The Balaban J connectivity index is 2.37. The fourth-order valence-electron chi connectivity index (χ4n) is 1.42. The standard InChI is InChI=1S/C11H7Cl3N2O2S/c1-4-8(10(17)18)15-11(19-4)16-9-6(13)2-5(12)3-7(9)14/h2-3H,1H3,(H,15,16)(H,17,18). The molecule has 0 unspecified atom stereocenters. The first-order valence-electron chi connectivity index (χ1n) is 5.00. The summed E-state index contributed by atoms with van der Waals surface area (Å²) in [5.41, 5.74) is 0.451. The van der Waals surface area contributed by atoms with Gasteiger partial charge in [0.25, 0.3) is 0 Å². The number of hydrogen-bond acceptors (Lipinski definition) is 4. The zero-order chi connectivity index (χ0) is 14.2. The highest BCUT2D eigenvalue weighted by Crippen LogP contribution is 2.36. The maximum Gasteiger partial charge on any atom is 0.355 e. The molecule has 0 amide bonds. The Labute approximate surface area is 127 Å². The number of carboxylic acid groups (broad SMARTS) is 1. The number of nitrogens with zero attached hydrogens (tertiary/aromatic N) is 1. The topological polar surface area (TPSA) is 62.2 Å². The second-order valence-electron chi connectivity index (χ2n) is 3.60. The van der Waals surface area contributed by atoms with E-state index in [0.717, 1.165) is 0 Å². The molecular formula is C11H7Cl3N2O2S. The van der Waals surface area contributed by atoms with Crippen molar-refractivity contribution >= 4 is 62.9 Å². The van der Waals surface area contributed by atoms with Crippen LogP contribution in [0.15, 0.2) is 12.1 Å². The molecule has 1 heterocycles. The molecule has 4 nitrogen and oxygen atoms in total. The third-order valence-corrected chi connectivity index (χ3v) is 3.94. The predicted octanol–water partition coefficient (Wildman–Crippen LogP) is 4.85. The van der Waals surface area contributed by atoms with Gasteiger partial charge < -0.3 is 10.4 Å². The van der Waals surface area contributed by atoms with Gasteiger partial charge in [-0.05, 0) is 19.1 Å². The van der Waals surface area contributed by atoms with Crippen molar-refractivity contribution in [1.29, 1.82) is 0 Å². The summed E-state index contributed by atoms with van der Waals surface area (Å²) in [5, 5.41) is 13.3. The zero-order valence-electron chi connectivity index (χ0n) is 9.50. The van der Waals surface area contributed by atoms with Gasteiger partial charge in [0.05, 0.1) is 15.7 Å². The maximum absolute atomic E-state index is 10.9. The van der Waals surface area contributed by atoms with Crippen LogP contribution < -0.4 is 5.32 Å². The van der Waals surface area contributed by atoms with E-state index in [-0.39, 0.29) is 5.69 Å². The van der Waals surface area contributed by atoms with Crippen LogP contribution in [0, 0.1) is 6.92 Å². The molecule has 1 aromatic heterocycles. The molecule has 0 saturated carbocycles. The van der Waals surface area contributed by atoms with Gasteiger partial charge in [-0.25, -0.2) is 9.78 Å². The van der Waals surface area contributed by atoms with Gasteiger partial charge >= 0.3 is 5.97 Å². The van der Waals surface area contributed by atoms with E-state index < -0.39 is 5.97 Å². The van der Waals surface area contributed by atoms with Crippen LogP contribution in [0.25, 0.3) is 0 Å². The van der Waals surface area contributed by atoms with Crippen molar-refractivity contribution in [2.24, 2.45) is 0 Å². The number of benzene rings is 1. The highest BCUT2D eigenvalue weighted by Gasteiger charge is 2.16. The summed E-state index contributed by atoms with van der Waals surface area (Å²) in [6, 6.07) is 3.08. The van der Waals surface area contributed by atoms with E-state index in [4.69, 9.17) is 39.9 Å². The summed E-state index contributed by atoms with van der Waals surface area (Å²) in [5.74, 6) is -1.07. The monoisotopic (exact) mass is 336 g/mol. The lowest BCUT2D eigenvalue weighted by atomic mass is 10.3. The van der Waals surface area contributed by atoms with Crippen molar-refractivity contribution in [1.82, 2.24) is 4.98 Å². The van der Waals surface area contributed by atoms with Crippen molar-refractivity contribution in [3.05, 3.63) is 37.8 Å². The summed E-state index contributed by atoms with van der Waals surface area (Å²) in [7, 11) is 0. The van der Waals surface area contributed by atoms with Crippen LogP contribution in [-0.2, 0) is 0 Å². The van der Waals surface area contributed by atoms with E-state index in [0.29, 0.717) is 30.8 Å². The summed E-state index contributed by atoms with van der Waals surface area (Å²) >= 11 is 19.1. The third kappa shape index (κ3) is 3.12. The quantitative estimate of drug-likeness (QED) is 0.840. The molecule has 2 N–H and O–H groups in total. The normalized spacial score (nSPS) is 10.5. The number of carboxylic acids is 1. The molecule has 0 atom stereocenters. The van der Waals surface area contributed by atoms with Gasteiger partial charge in [-0.15, -0.1) is 11.3 Å². The van der Waals surface area contributed by atoms with E-state index in [9.17, 15) is 4.79 Å². The number of halogens is 3. The first-order chi connectivity index (χ1) is 8.88. The molecule has 0 spiro atoms. The lowest BCUT2D eigenvalue weighted by molar-refractivity contribution is 0.0690. The van der Waals surface area contributed by atoms with Crippen LogP contribution in [-0.4, -0.2) is 16.1 Å². The van der Waals surface area contributed by atoms with Crippen molar-refractivity contribution in [2.45, 2.75) is 6.92 Å². The van der Waals surface area contributed by atoms with Crippen molar-refractivity contribution in [2.75, 3.05) is 5.32 Å². The lowest BCUT2D eigenvalue weighted by Gasteiger charge is -2.08. The molecule has 8 heteroatoms. The Morgan fingerprint density at radius 2 is 1.89 bits per heavy atom. The van der Waals surface area contributed by atoms with Crippen LogP contribution in [0.3, 0.4) is 0 Å². The number of hydrogen-bond donors (Lipinski definition) is 2. The molecule has 2 aromatic rings. The summed E-state index contributed by atoms with van der Waals surface area (Å²) in [6.45, 7) is 1.68. The Bertz CT molecular complexity index is 634. The molecule has 0 aliphatic rings. The first-order valence-corrected chi connectivity index (χ1v) is 6.96. The molecular weight excluding hydrogens is 331 g/mol. The second kappa shape index (κ2) is 5.54. The SMILES string of the molecule is Cc1sc(Nc2c(Cl)cc(Cl)cc2Cl)nc1C(=O)O. The Hall–Kier alpha value is -1.01. The van der Waals surface area contributed by atoms with E-state index >= 15 is 0 Å². The van der Waals surface area contributed by atoms with Crippen LogP contribution in [0.4, 0.5) is 10.8 Å². The average molecular weight is 338 g/mol. The highest BCUT2D eigenvalue weighted by atomic mass is 35.5. The van der Waals surface area contributed by atoms with E-state index in [1.807, 2.05) is 0 Å². The number of aromatic nitrogens is 1. The van der Waals surface area contributed by atoms with Gasteiger partial charge in [0.2, 0.25) is 0 Å². The van der Waals surface area contributed by atoms with Gasteiger partial charge in [-0.1, -0.05) is 34.8 Å². The molecule has 0 radical (unpaired) electrons. The number of thiazole rings is 1. The number of aromatic carboxylic acids is 1. The van der Waals surface area contributed by atoms with Gasteiger partial charge in [-0.3, -0.25) is 0 Å². The van der Waals surface area contributed by atoms with E-state index in [1.54, 1.807) is 6.92 Å². The van der Waals surface area contributed by atoms with Crippen molar-refractivity contribution < 1.29 is 9.90 Å². The number of anilines is 2. The van der Waals surface area contributed by atoms with Crippen LogP contribution in [0.2, 0.25) is 15.1 Å². The molecule has 0 aliphatic heterocycles. The van der Waals surface area contributed by atoms with Crippen molar-refractivity contribution in [3.63, 3.8) is 0 Å². The van der Waals surface area contributed by atoms with Gasteiger partial charge in [0.1, 0.15) is 0 Å². The van der Waals surface area contributed by atoms with Crippen LogP contribution >= 0.6 is 46.1 Å². The summed E-state index contributed by atoms with van der Waals surface area (Å²) in [4.78, 5) is 15.5. The fraction of sp³-hybridized carbons (Fsp3) is 0.0909. The first kappa shape index (κ1) is 14.4. The second-order valence-corrected chi connectivity index (χ2v) is 6.05. The van der Waals surface area contributed by atoms with Gasteiger partial charge in [0, 0.05) is 9.90 Å². The van der Waals surface area contributed by atoms with Crippen LogP contribution in [0.5, 0.6) is 0 Å². The smallest absolute Gasteiger partial charge is 0.355 e. The molecule has 1 aromatic carbocycles. The summed E-state index contributed by atoms with van der Waals surface area (Å²) in [6.07, 6.45) is 0. The van der Waals surface area contributed by atoms with Gasteiger partial charge in [0.15, 0.2) is 10.8 Å². The average Bonchev–Trinajstić information content (AvgIpc) is 2.65. The third-order valence-electron chi connectivity index (χ3n) is 2.24. The van der Waals surface area contributed by atoms with Crippen molar-refractivity contribution in [3.8, 4) is 0 Å². The molecule has 0 saturated heterocycles. The van der Waals surface area contributed by atoms with E-state index in [1.165, 1.54) is 23.5 Å². The number of carbonyl (C=O) groups is 1. The highest BCUT2D eigenvalue weighted by molar-refractivity contribution is 7.15. The number of nitrogens with one attached hydrogen (secondary N) is 1. The Morgan fingerprint density at radius 1 is 1.32 bits per heavy atom. The fourth-order valence-corrected chi connectivity index (χ4v) is 3.14. The Morgan fingerprint density at radius 3 is 2.37 bits per heavy atom. The molecule has 0 bridgehead atoms. The summed E-state index contributed by atoms with van der Waals surface area (Å²) < 4.78 is 0. The minimum atomic E-state index is -1.07. The predicted molar refractivity (Wildman–Crippen MR) is 78.6 cm³/mol. The van der Waals surface area contributed by atoms with Gasteiger partial charge in [-0.2, -0.15) is 0 Å². The molecule has 100 valence electrons. The molecule has 0 fully saturated rings. The lowest BCUT2D eigenvalue weighted by Crippen LogP contribution is -1.99. The zero-order valence-corrected chi connectivity index (χ0v) is 12.6. The van der Waals surface area contributed by atoms with Crippen LogP contribution in [0.1, 0.15) is 15.4 Å².